The number of thioether (sulfide) groups is 1. The van der Waals surface area contributed by atoms with Crippen molar-refractivity contribution >= 4 is 40.1 Å². The molecule has 22 heavy (non-hydrogen) atoms. The molecule has 3 rings (SSSR count). The Hall–Kier alpha value is -1.20. The molecule has 0 amide bonds. The van der Waals surface area contributed by atoms with E-state index in [9.17, 15) is 0 Å². The average molecular weight is 352 g/mol. The zero-order valence-electron chi connectivity index (χ0n) is 12.0. The maximum Gasteiger partial charge on any atom is 0.175 e. The molecule has 1 fully saturated rings. The summed E-state index contributed by atoms with van der Waals surface area (Å²) in [6.07, 6.45) is 0. The smallest absolute Gasteiger partial charge is 0.175 e. The fourth-order valence-corrected chi connectivity index (χ4v) is 3.43. The summed E-state index contributed by atoms with van der Waals surface area (Å²) in [7, 11) is 1.98. The number of hydrazine groups is 1. The number of amidine groups is 1. The van der Waals surface area contributed by atoms with E-state index in [1.54, 1.807) is 11.8 Å². The van der Waals surface area contributed by atoms with Crippen LogP contribution in [0.4, 0.5) is 0 Å². The molecule has 2 aromatic rings. The quantitative estimate of drug-likeness (QED) is 0.865. The highest BCUT2D eigenvalue weighted by molar-refractivity contribution is 8.14. The first-order valence-electron chi connectivity index (χ1n) is 6.83. The van der Waals surface area contributed by atoms with Crippen molar-refractivity contribution in [1.82, 2.24) is 10.4 Å². The predicted molar refractivity (Wildman–Crippen MR) is 95.3 cm³/mol. The van der Waals surface area contributed by atoms with Crippen molar-refractivity contribution in [3.8, 4) is 0 Å². The summed E-state index contributed by atoms with van der Waals surface area (Å²) in [6, 6.07) is 15.6. The Labute approximate surface area is 144 Å². The molecule has 0 aromatic heterocycles. The minimum atomic E-state index is 0.159. The minimum absolute atomic E-state index is 0.159. The Kier molecular flexibility index (Phi) is 4.93. The molecule has 2 aromatic carbocycles. The number of hydrogen-bond donors (Lipinski definition) is 1. The van der Waals surface area contributed by atoms with E-state index in [1.807, 2.05) is 60.6 Å². The lowest BCUT2D eigenvalue weighted by molar-refractivity contribution is 0.378. The summed E-state index contributed by atoms with van der Waals surface area (Å²) in [5, 5.41) is 4.57. The molecule has 0 bridgehead atoms. The van der Waals surface area contributed by atoms with Crippen LogP contribution in [0.3, 0.4) is 0 Å². The second kappa shape index (κ2) is 6.92. The number of rotatable bonds is 3. The van der Waals surface area contributed by atoms with Gasteiger partial charge in [0.1, 0.15) is 5.37 Å². The largest absolute Gasteiger partial charge is 0.289 e. The number of benzene rings is 2. The molecule has 6 heteroatoms. The van der Waals surface area contributed by atoms with Gasteiger partial charge >= 0.3 is 0 Å². The van der Waals surface area contributed by atoms with Crippen molar-refractivity contribution in [2.24, 2.45) is 4.99 Å². The van der Waals surface area contributed by atoms with E-state index >= 15 is 0 Å². The van der Waals surface area contributed by atoms with Crippen LogP contribution in [0.15, 0.2) is 53.5 Å². The number of nitrogens with zero attached hydrogens (tertiary/aromatic N) is 2. The second-order valence-corrected chi connectivity index (χ2v) is 6.91. The molecule has 0 aliphatic carbocycles. The van der Waals surface area contributed by atoms with Gasteiger partial charge in [-0.1, -0.05) is 59.2 Å². The Morgan fingerprint density at radius 1 is 1.05 bits per heavy atom. The van der Waals surface area contributed by atoms with Crippen LogP contribution in [0, 0.1) is 0 Å². The van der Waals surface area contributed by atoms with Crippen molar-refractivity contribution in [2.75, 3.05) is 7.05 Å². The Morgan fingerprint density at radius 2 is 1.64 bits per heavy atom. The van der Waals surface area contributed by atoms with E-state index < -0.39 is 0 Å². The number of nitrogens with one attached hydrogen (secondary N) is 1. The van der Waals surface area contributed by atoms with E-state index in [4.69, 9.17) is 23.2 Å². The van der Waals surface area contributed by atoms with Crippen LogP contribution in [-0.2, 0) is 6.54 Å². The van der Waals surface area contributed by atoms with Gasteiger partial charge in [-0.3, -0.25) is 10.0 Å². The number of aliphatic imine (C=N–C) groups is 1. The lowest BCUT2D eigenvalue weighted by Gasteiger charge is -2.12. The van der Waals surface area contributed by atoms with Crippen molar-refractivity contribution in [2.45, 2.75) is 11.9 Å². The molecule has 1 N–H and O–H groups in total. The van der Waals surface area contributed by atoms with Crippen LogP contribution in [0.2, 0.25) is 10.0 Å². The van der Waals surface area contributed by atoms with Crippen LogP contribution in [0.25, 0.3) is 0 Å². The zero-order valence-corrected chi connectivity index (χ0v) is 14.3. The zero-order chi connectivity index (χ0) is 15.5. The lowest BCUT2D eigenvalue weighted by atomic mass is 10.2. The molecule has 1 heterocycles. The number of halogens is 2. The van der Waals surface area contributed by atoms with E-state index in [1.165, 1.54) is 5.56 Å². The van der Waals surface area contributed by atoms with Crippen LogP contribution >= 0.6 is 35.0 Å². The van der Waals surface area contributed by atoms with Gasteiger partial charge in [0.2, 0.25) is 0 Å². The van der Waals surface area contributed by atoms with Crippen LogP contribution < -0.4 is 5.43 Å². The standard InChI is InChI=1S/C16H15Cl2N3S/c1-21-16(19-10-11-2-6-13(17)7-3-11)22-15(20-21)12-4-8-14(18)9-5-12/h2-9,15,20H,10H2,1H3. The molecule has 0 saturated carbocycles. The molecule has 0 radical (unpaired) electrons. The maximum atomic E-state index is 5.93. The van der Waals surface area contributed by atoms with Crippen molar-refractivity contribution in [3.63, 3.8) is 0 Å². The average Bonchev–Trinajstić information content (AvgIpc) is 2.88. The van der Waals surface area contributed by atoms with Gasteiger partial charge < -0.3 is 0 Å². The summed E-state index contributed by atoms with van der Waals surface area (Å²) < 4.78 is 0. The third kappa shape index (κ3) is 3.76. The van der Waals surface area contributed by atoms with Gasteiger partial charge in [-0.25, -0.2) is 5.43 Å². The van der Waals surface area contributed by atoms with Crippen molar-refractivity contribution in [1.29, 1.82) is 0 Å². The maximum absolute atomic E-state index is 5.93. The fourth-order valence-electron chi connectivity index (χ4n) is 2.11. The normalized spacial score (nSPS) is 19.9. The lowest BCUT2D eigenvalue weighted by Crippen LogP contribution is -2.30. The van der Waals surface area contributed by atoms with Gasteiger partial charge in [-0.05, 0) is 35.4 Å². The van der Waals surface area contributed by atoms with Crippen LogP contribution in [0.1, 0.15) is 16.5 Å². The summed E-state index contributed by atoms with van der Waals surface area (Å²) in [4.78, 5) is 4.67. The first kappa shape index (κ1) is 15.7. The molecule has 114 valence electrons. The Morgan fingerprint density at radius 3 is 2.27 bits per heavy atom. The Balaban J connectivity index is 1.68. The van der Waals surface area contributed by atoms with Gasteiger partial charge in [0, 0.05) is 17.1 Å². The summed E-state index contributed by atoms with van der Waals surface area (Å²) in [5.41, 5.74) is 5.70. The van der Waals surface area contributed by atoms with Gasteiger partial charge in [-0.2, -0.15) is 0 Å². The van der Waals surface area contributed by atoms with Crippen molar-refractivity contribution in [3.05, 3.63) is 69.7 Å². The van der Waals surface area contributed by atoms with Gasteiger partial charge in [0.05, 0.1) is 6.54 Å². The molecule has 1 atom stereocenters. The molecule has 0 spiro atoms. The first-order chi connectivity index (χ1) is 10.6. The second-order valence-electron chi connectivity index (χ2n) is 4.96. The predicted octanol–water partition coefficient (Wildman–Crippen LogP) is 4.73. The summed E-state index contributed by atoms with van der Waals surface area (Å²) in [5.74, 6) is 0. The van der Waals surface area contributed by atoms with Gasteiger partial charge in [0.15, 0.2) is 5.17 Å². The fraction of sp³-hybridized carbons (Fsp3) is 0.188. The molecule has 1 aliphatic rings. The Bertz CT molecular complexity index is 671. The van der Waals surface area contributed by atoms with Gasteiger partial charge in [-0.15, -0.1) is 0 Å². The topological polar surface area (TPSA) is 27.6 Å². The number of hydrogen-bond acceptors (Lipinski definition) is 3. The molecular weight excluding hydrogens is 337 g/mol. The van der Waals surface area contributed by atoms with Crippen molar-refractivity contribution < 1.29 is 0 Å². The van der Waals surface area contributed by atoms with E-state index in [-0.39, 0.29) is 5.37 Å². The molecular formula is C16H15Cl2N3S. The molecule has 3 nitrogen and oxygen atoms in total. The monoisotopic (exact) mass is 351 g/mol. The third-order valence-electron chi connectivity index (χ3n) is 3.30. The van der Waals surface area contributed by atoms with Gasteiger partial charge in [0.25, 0.3) is 0 Å². The molecule has 1 saturated heterocycles. The van der Waals surface area contributed by atoms with Crippen LogP contribution in [0.5, 0.6) is 0 Å². The minimum Gasteiger partial charge on any atom is -0.289 e. The SMILES string of the molecule is CN1NC(c2ccc(Cl)cc2)SC1=NCc1ccc(Cl)cc1. The first-order valence-corrected chi connectivity index (χ1v) is 8.46. The van der Waals surface area contributed by atoms with E-state index in [0.717, 1.165) is 20.8 Å². The highest BCUT2D eigenvalue weighted by atomic mass is 35.5. The third-order valence-corrected chi connectivity index (χ3v) is 5.04. The van der Waals surface area contributed by atoms with Crippen LogP contribution in [-0.4, -0.2) is 17.2 Å². The molecule has 1 aliphatic heterocycles. The summed E-state index contributed by atoms with van der Waals surface area (Å²) in [6.45, 7) is 0.638. The van der Waals surface area contributed by atoms with E-state index in [2.05, 4.69) is 10.4 Å². The van der Waals surface area contributed by atoms with E-state index in [0.29, 0.717) is 6.54 Å². The highest BCUT2D eigenvalue weighted by Gasteiger charge is 2.26. The molecule has 1 unspecified atom stereocenters. The summed E-state index contributed by atoms with van der Waals surface area (Å²) >= 11 is 13.5. The highest BCUT2D eigenvalue weighted by Crippen LogP contribution is 2.34.